The van der Waals surface area contributed by atoms with Crippen molar-refractivity contribution >= 4 is 38.3 Å². The van der Waals surface area contributed by atoms with Crippen molar-refractivity contribution in [1.29, 1.82) is 0 Å². The first-order valence-electron chi connectivity index (χ1n) is 12.4. The van der Waals surface area contributed by atoms with E-state index in [4.69, 9.17) is 14.5 Å². The van der Waals surface area contributed by atoms with Crippen molar-refractivity contribution in [2.24, 2.45) is 0 Å². The van der Waals surface area contributed by atoms with Crippen LogP contribution in [0, 0.1) is 13.8 Å². The summed E-state index contributed by atoms with van der Waals surface area (Å²) in [7, 11) is 0. The summed E-state index contributed by atoms with van der Waals surface area (Å²) in [6.07, 6.45) is -0.281. The maximum Gasteiger partial charge on any atom is 1.00 e. The van der Waals surface area contributed by atoms with Crippen LogP contribution in [0.4, 0.5) is 0 Å². The predicted molar refractivity (Wildman–Crippen MR) is 145 cm³/mol. The summed E-state index contributed by atoms with van der Waals surface area (Å²) in [6.45, 7) is 7.49. The molecule has 0 radical (unpaired) electrons. The van der Waals surface area contributed by atoms with Crippen LogP contribution in [0.1, 0.15) is 51.6 Å². The average molecular weight is 532 g/mol. The van der Waals surface area contributed by atoms with Crippen molar-refractivity contribution in [3.05, 3.63) is 94.5 Å². The van der Waals surface area contributed by atoms with Gasteiger partial charge in [0.05, 0.1) is 40.7 Å². The Morgan fingerprint density at radius 1 is 1.08 bits per heavy atom. The fraction of sp³-hybridized carbons (Fsp3) is 0.226. The van der Waals surface area contributed by atoms with E-state index in [1.54, 1.807) is 17.4 Å². The van der Waals surface area contributed by atoms with Gasteiger partial charge in [-0.25, -0.2) is 4.98 Å². The Kier molecular flexibility index (Phi) is 7.63. The number of ether oxygens (including phenoxy) is 2. The Bertz CT molecular complexity index is 1660. The number of aromatic nitrogens is 1. The van der Waals surface area contributed by atoms with Crippen LogP contribution in [0.15, 0.2) is 66.7 Å². The molecule has 3 aromatic carbocycles. The molecular formula is C31H26NNaO4S. The molecule has 1 aliphatic rings. The number of carbonyl (C=O) groups excluding carboxylic acids is 1. The largest absolute Gasteiger partial charge is 1.00 e. The summed E-state index contributed by atoms with van der Waals surface area (Å²) in [4.78, 5) is 18.3. The maximum absolute atomic E-state index is 12.4. The Labute approximate surface area is 247 Å². The van der Waals surface area contributed by atoms with Gasteiger partial charge in [-0.2, -0.15) is 0 Å². The zero-order valence-corrected chi connectivity index (χ0v) is 24.7. The monoisotopic (exact) mass is 531 g/mol. The number of aryl methyl sites for hydroxylation is 2. The fourth-order valence-electron chi connectivity index (χ4n) is 4.96. The third kappa shape index (κ3) is 4.76. The molecule has 7 heteroatoms. The molecule has 186 valence electrons. The van der Waals surface area contributed by atoms with Crippen LogP contribution in [0.25, 0.3) is 31.6 Å². The number of carboxylic acids is 1. The van der Waals surface area contributed by atoms with E-state index >= 15 is 0 Å². The predicted octanol–water partition coefficient (Wildman–Crippen LogP) is 3.35. The van der Waals surface area contributed by atoms with Gasteiger partial charge in [-0.1, -0.05) is 48.5 Å². The second-order valence-electron chi connectivity index (χ2n) is 9.66. The summed E-state index contributed by atoms with van der Waals surface area (Å²) >= 11 is 1.62. The van der Waals surface area contributed by atoms with Crippen molar-refractivity contribution in [1.82, 2.24) is 4.98 Å². The van der Waals surface area contributed by atoms with Gasteiger partial charge >= 0.3 is 29.6 Å². The molecule has 0 amide bonds. The van der Waals surface area contributed by atoms with Gasteiger partial charge in [-0.15, -0.1) is 11.3 Å². The number of rotatable bonds is 6. The van der Waals surface area contributed by atoms with E-state index in [9.17, 15) is 9.90 Å². The molecule has 2 aromatic heterocycles. The summed E-state index contributed by atoms with van der Waals surface area (Å²) < 4.78 is 12.8. The van der Waals surface area contributed by atoms with Gasteiger partial charge in [0.2, 0.25) is 0 Å². The van der Waals surface area contributed by atoms with E-state index in [2.05, 4.69) is 43.3 Å². The van der Waals surface area contributed by atoms with Crippen molar-refractivity contribution in [3.8, 4) is 16.3 Å². The number of fused-ring (bicyclic) bond motifs is 2. The number of carbonyl (C=O) groups is 1. The molecule has 0 saturated carbocycles. The third-order valence-electron chi connectivity index (χ3n) is 7.24. The molecule has 1 atom stereocenters. The van der Waals surface area contributed by atoms with Gasteiger partial charge < -0.3 is 19.4 Å². The standard InChI is InChI=1S/C31H27NO4S.Na/c1-17-8-13-26(36-19(3)20-9-11-21(12-10-20)22-15-35-16-22)28-24(31(33)34)14-25(32-29(17)28)30-18(2)23-6-4-5-7-27(23)37-30;/h4-14,19,22H,15-16H2,1-3H3,(H,33,34);/q;+1/p-1/t19-;/m0./s1. The van der Waals surface area contributed by atoms with Gasteiger partial charge in [-0.05, 0) is 66.6 Å². The van der Waals surface area contributed by atoms with Crippen molar-refractivity contribution < 1.29 is 48.9 Å². The molecule has 38 heavy (non-hydrogen) atoms. The average Bonchev–Trinajstić information content (AvgIpc) is 3.21. The SMILES string of the molecule is Cc1c(-c2cc(C(=O)[O-])c3c(O[C@@H](C)c4ccc(C5COC5)cc4)ccc(C)c3n2)sc2ccccc12.[Na+]. The van der Waals surface area contributed by atoms with Gasteiger partial charge in [0.15, 0.2) is 0 Å². The Morgan fingerprint density at radius 2 is 1.82 bits per heavy atom. The van der Waals surface area contributed by atoms with E-state index < -0.39 is 5.97 Å². The first kappa shape index (κ1) is 26.9. The minimum atomic E-state index is -1.25. The molecule has 0 bridgehead atoms. The number of aromatic carboxylic acids is 1. The summed E-state index contributed by atoms with van der Waals surface area (Å²) in [5.74, 6) is -0.305. The number of hydrogen-bond donors (Lipinski definition) is 0. The minimum Gasteiger partial charge on any atom is -0.545 e. The molecule has 5 nitrogen and oxygen atoms in total. The summed E-state index contributed by atoms with van der Waals surface area (Å²) in [5, 5.41) is 14.0. The zero-order valence-electron chi connectivity index (χ0n) is 21.9. The smallest absolute Gasteiger partial charge is 0.545 e. The minimum absolute atomic E-state index is 0. The molecule has 0 spiro atoms. The van der Waals surface area contributed by atoms with E-state index in [-0.39, 0.29) is 41.2 Å². The third-order valence-corrected chi connectivity index (χ3v) is 8.53. The fourth-order valence-corrected chi connectivity index (χ4v) is 6.13. The number of hydrogen-bond acceptors (Lipinski definition) is 6. The molecule has 6 rings (SSSR count). The van der Waals surface area contributed by atoms with Gasteiger partial charge in [-0.3, -0.25) is 0 Å². The molecule has 1 fully saturated rings. The van der Waals surface area contributed by atoms with E-state index in [1.165, 1.54) is 5.56 Å². The number of nitrogens with zero attached hydrogens (tertiary/aromatic N) is 1. The van der Waals surface area contributed by atoms with Crippen LogP contribution >= 0.6 is 11.3 Å². The van der Waals surface area contributed by atoms with Gasteiger partial charge in [0.25, 0.3) is 0 Å². The topological polar surface area (TPSA) is 71.5 Å². The van der Waals surface area contributed by atoms with E-state index in [0.29, 0.717) is 28.3 Å². The zero-order chi connectivity index (χ0) is 25.7. The summed E-state index contributed by atoms with van der Waals surface area (Å²) in [6, 6.07) is 21.9. The second kappa shape index (κ2) is 10.8. The first-order chi connectivity index (χ1) is 17.9. The van der Waals surface area contributed by atoms with Crippen LogP contribution in [0.2, 0.25) is 0 Å². The summed E-state index contributed by atoms with van der Waals surface area (Å²) in [5.41, 5.74) is 5.57. The van der Waals surface area contributed by atoms with Crippen molar-refractivity contribution in [3.63, 3.8) is 0 Å². The normalized spacial score (nSPS) is 14.2. The van der Waals surface area contributed by atoms with Crippen LogP contribution < -0.4 is 39.4 Å². The van der Waals surface area contributed by atoms with Crippen LogP contribution in [-0.2, 0) is 4.74 Å². The van der Waals surface area contributed by atoms with Crippen molar-refractivity contribution in [2.75, 3.05) is 13.2 Å². The molecule has 0 N–H and O–H groups in total. The Morgan fingerprint density at radius 3 is 2.47 bits per heavy atom. The number of pyridine rings is 1. The van der Waals surface area contributed by atoms with Crippen LogP contribution in [-0.4, -0.2) is 24.2 Å². The first-order valence-corrected chi connectivity index (χ1v) is 13.2. The van der Waals surface area contributed by atoms with Crippen LogP contribution in [0.5, 0.6) is 5.75 Å². The van der Waals surface area contributed by atoms with E-state index in [0.717, 1.165) is 44.9 Å². The molecule has 1 aliphatic heterocycles. The van der Waals surface area contributed by atoms with Gasteiger partial charge in [0, 0.05) is 16.2 Å². The number of benzene rings is 3. The van der Waals surface area contributed by atoms with E-state index in [1.807, 2.05) is 38.1 Å². The molecule has 0 aliphatic carbocycles. The second-order valence-corrected chi connectivity index (χ2v) is 10.7. The molecule has 3 heterocycles. The Hall–Kier alpha value is -2.74. The molecule has 1 saturated heterocycles. The van der Waals surface area contributed by atoms with Crippen molar-refractivity contribution in [2.45, 2.75) is 32.8 Å². The number of thiophene rings is 1. The quantitative estimate of drug-likeness (QED) is 0.315. The molecular weight excluding hydrogens is 505 g/mol. The number of carboxylic acid groups (broad SMARTS) is 1. The van der Waals surface area contributed by atoms with Crippen LogP contribution in [0.3, 0.4) is 0 Å². The maximum atomic E-state index is 12.4. The molecule has 5 aromatic rings. The Balaban J connectivity index is 0.00000294. The van der Waals surface area contributed by atoms with Gasteiger partial charge in [0.1, 0.15) is 11.9 Å². The molecule has 0 unspecified atom stereocenters.